The number of carbonyl (C=O) groups is 1. The number of hydrogen-bond acceptors (Lipinski definition) is 4. The lowest BCUT2D eigenvalue weighted by Gasteiger charge is -2.15. The number of rotatable bonds is 5. The minimum absolute atomic E-state index is 0.0984. The molecule has 0 fully saturated rings. The van der Waals surface area contributed by atoms with E-state index in [0.717, 1.165) is 0 Å². The van der Waals surface area contributed by atoms with Crippen molar-refractivity contribution >= 4 is 21.6 Å². The number of carbonyl (C=O) groups excluding carboxylic acids is 1. The van der Waals surface area contributed by atoms with Gasteiger partial charge in [0.05, 0.1) is 10.8 Å². The second-order valence-electron chi connectivity index (χ2n) is 4.37. The number of anilines is 1. The zero-order chi connectivity index (χ0) is 14.6. The largest absolute Gasteiger partial charge is 0.327 e. The molecule has 0 bridgehead atoms. The van der Waals surface area contributed by atoms with Gasteiger partial charge in [0.1, 0.15) is 0 Å². The Balaban J connectivity index is 2.93. The van der Waals surface area contributed by atoms with Crippen molar-refractivity contribution in [3.05, 3.63) is 24.3 Å². The second kappa shape index (κ2) is 6.14. The maximum absolute atomic E-state index is 11.8. The highest BCUT2D eigenvalue weighted by molar-refractivity contribution is 7.89. The molecule has 0 aliphatic rings. The highest BCUT2D eigenvalue weighted by Crippen LogP contribution is 2.16. The molecule has 1 aromatic carbocycles. The summed E-state index contributed by atoms with van der Waals surface area (Å²) in [6, 6.07) is 5.77. The van der Waals surface area contributed by atoms with Crippen LogP contribution in [0.5, 0.6) is 0 Å². The van der Waals surface area contributed by atoms with Crippen LogP contribution in [0, 0.1) is 5.92 Å². The summed E-state index contributed by atoms with van der Waals surface area (Å²) >= 11 is 0. The third kappa shape index (κ3) is 4.02. The van der Waals surface area contributed by atoms with Crippen LogP contribution in [0.15, 0.2) is 29.2 Å². The normalized spacial score (nSPS) is 14.7. The molecule has 0 saturated heterocycles. The van der Waals surface area contributed by atoms with Gasteiger partial charge in [-0.2, -0.15) is 0 Å². The standard InChI is InChI=1S/C12H19N3O3S/c1-8(9(2)13)12(16)15-10-5-4-6-11(7-10)19(17,18)14-3/h4-9,14H,13H2,1-3H3,(H,15,16). The molecule has 1 amide bonds. The molecule has 0 radical (unpaired) electrons. The van der Waals surface area contributed by atoms with Gasteiger partial charge < -0.3 is 11.1 Å². The van der Waals surface area contributed by atoms with Gasteiger partial charge in [-0.05, 0) is 32.2 Å². The molecule has 6 nitrogen and oxygen atoms in total. The van der Waals surface area contributed by atoms with E-state index in [4.69, 9.17) is 5.73 Å². The molecule has 1 rings (SSSR count). The van der Waals surface area contributed by atoms with E-state index in [2.05, 4.69) is 10.0 Å². The average molecular weight is 285 g/mol. The maximum Gasteiger partial charge on any atom is 0.240 e. The summed E-state index contributed by atoms with van der Waals surface area (Å²) in [5, 5.41) is 2.65. The van der Waals surface area contributed by atoms with Gasteiger partial charge >= 0.3 is 0 Å². The number of nitrogens with two attached hydrogens (primary N) is 1. The van der Waals surface area contributed by atoms with E-state index < -0.39 is 10.0 Å². The Bertz CT molecular complexity index is 555. The van der Waals surface area contributed by atoms with Crippen LogP contribution in [0.2, 0.25) is 0 Å². The number of nitrogens with one attached hydrogen (secondary N) is 2. The summed E-state index contributed by atoms with van der Waals surface area (Å²) in [7, 11) is -2.19. The molecule has 4 N–H and O–H groups in total. The number of hydrogen-bond donors (Lipinski definition) is 3. The third-order valence-corrected chi connectivity index (χ3v) is 4.29. The fourth-order valence-electron chi connectivity index (χ4n) is 1.35. The molecule has 7 heteroatoms. The SMILES string of the molecule is CNS(=O)(=O)c1cccc(NC(=O)C(C)C(C)N)c1. The lowest BCUT2D eigenvalue weighted by atomic mass is 10.0. The highest BCUT2D eigenvalue weighted by Gasteiger charge is 2.18. The van der Waals surface area contributed by atoms with Gasteiger partial charge in [0.25, 0.3) is 0 Å². The molecule has 2 atom stereocenters. The Morgan fingerprint density at radius 2 is 1.95 bits per heavy atom. The molecule has 0 heterocycles. The summed E-state index contributed by atoms with van der Waals surface area (Å²) in [5.74, 6) is -0.599. The van der Waals surface area contributed by atoms with Crippen LogP contribution < -0.4 is 15.8 Å². The Labute approximate surface area is 113 Å². The first kappa shape index (κ1) is 15.6. The average Bonchev–Trinajstić information content (AvgIpc) is 2.37. The van der Waals surface area contributed by atoms with Gasteiger partial charge in [0.2, 0.25) is 15.9 Å². The molecule has 0 spiro atoms. The topological polar surface area (TPSA) is 101 Å². The summed E-state index contributed by atoms with van der Waals surface area (Å²) in [6.07, 6.45) is 0. The van der Waals surface area contributed by atoms with Gasteiger partial charge in [-0.25, -0.2) is 13.1 Å². The van der Waals surface area contributed by atoms with E-state index in [1.54, 1.807) is 26.0 Å². The Hall–Kier alpha value is -1.44. The zero-order valence-corrected chi connectivity index (χ0v) is 12.0. The molecule has 19 heavy (non-hydrogen) atoms. The maximum atomic E-state index is 11.8. The van der Waals surface area contributed by atoms with Gasteiger partial charge in [-0.15, -0.1) is 0 Å². The van der Waals surface area contributed by atoms with Crippen LogP contribution in [0.1, 0.15) is 13.8 Å². The van der Waals surface area contributed by atoms with Crippen LogP contribution in [0.25, 0.3) is 0 Å². The minimum Gasteiger partial charge on any atom is -0.327 e. The van der Waals surface area contributed by atoms with Gasteiger partial charge in [0.15, 0.2) is 0 Å². The monoisotopic (exact) mass is 285 g/mol. The van der Waals surface area contributed by atoms with Gasteiger partial charge in [-0.3, -0.25) is 4.79 Å². The van der Waals surface area contributed by atoms with Crippen molar-refractivity contribution in [3.63, 3.8) is 0 Å². The van der Waals surface area contributed by atoms with E-state index in [1.807, 2.05) is 0 Å². The van der Waals surface area contributed by atoms with Crippen LogP contribution in [0.4, 0.5) is 5.69 Å². The lowest BCUT2D eigenvalue weighted by molar-refractivity contribution is -0.119. The van der Waals surface area contributed by atoms with Crippen LogP contribution in [-0.2, 0) is 14.8 Å². The highest BCUT2D eigenvalue weighted by atomic mass is 32.2. The Kier molecular flexibility index (Phi) is 5.04. The molecular weight excluding hydrogens is 266 g/mol. The molecule has 0 aliphatic heterocycles. The quantitative estimate of drug-likeness (QED) is 0.734. The molecule has 2 unspecified atom stereocenters. The zero-order valence-electron chi connectivity index (χ0n) is 11.2. The van der Waals surface area contributed by atoms with E-state index in [1.165, 1.54) is 19.2 Å². The van der Waals surface area contributed by atoms with Gasteiger partial charge in [-0.1, -0.05) is 13.0 Å². The van der Waals surface area contributed by atoms with Crippen LogP contribution in [0.3, 0.4) is 0 Å². The fourth-order valence-corrected chi connectivity index (χ4v) is 2.13. The van der Waals surface area contributed by atoms with Crippen molar-refractivity contribution in [2.24, 2.45) is 11.7 Å². The minimum atomic E-state index is -3.52. The number of benzene rings is 1. The molecule has 1 aromatic rings. The van der Waals surface area contributed by atoms with Crippen molar-refractivity contribution in [2.75, 3.05) is 12.4 Å². The molecule has 0 aromatic heterocycles. The molecule has 0 saturated carbocycles. The first-order valence-electron chi connectivity index (χ1n) is 5.88. The fraction of sp³-hybridized carbons (Fsp3) is 0.417. The molecule has 106 valence electrons. The third-order valence-electron chi connectivity index (χ3n) is 2.88. The van der Waals surface area contributed by atoms with Crippen molar-refractivity contribution in [2.45, 2.75) is 24.8 Å². The Morgan fingerprint density at radius 3 is 2.47 bits per heavy atom. The summed E-state index contributed by atoms with van der Waals surface area (Å²) in [4.78, 5) is 11.9. The van der Waals surface area contributed by atoms with Crippen molar-refractivity contribution in [3.8, 4) is 0 Å². The predicted octanol–water partition coefficient (Wildman–Crippen LogP) is 0.517. The first-order valence-corrected chi connectivity index (χ1v) is 7.36. The summed E-state index contributed by atoms with van der Waals surface area (Å²) in [5.41, 5.74) is 6.07. The molecular formula is C12H19N3O3S. The Morgan fingerprint density at radius 1 is 1.32 bits per heavy atom. The van der Waals surface area contributed by atoms with E-state index >= 15 is 0 Å². The van der Waals surface area contributed by atoms with Crippen molar-refractivity contribution < 1.29 is 13.2 Å². The summed E-state index contributed by atoms with van der Waals surface area (Å²) < 4.78 is 25.5. The molecule has 0 aliphatic carbocycles. The number of sulfonamides is 1. The van der Waals surface area contributed by atoms with E-state index in [-0.39, 0.29) is 22.8 Å². The summed E-state index contributed by atoms with van der Waals surface area (Å²) in [6.45, 7) is 3.46. The second-order valence-corrected chi connectivity index (χ2v) is 6.26. The first-order chi connectivity index (χ1) is 8.77. The smallest absolute Gasteiger partial charge is 0.240 e. The van der Waals surface area contributed by atoms with Crippen LogP contribution in [-0.4, -0.2) is 27.4 Å². The van der Waals surface area contributed by atoms with E-state index in [0.29, 0.717) is 5.69 Å². The van der Waals surface area contributed by atoms with E-state index in [9.17, 15) is 13.2 Å². The van der Waals surface area contributed by atoms with Gasteiger partial charge in [0, 0.05) is 11.7 Å². The number of amides is 1. The van der Waals surface area contributed by atoms with Crippen LogP contribution >= 0.6 is 0 Å². The lowest BCUT2D eigenvalue weighted by Crippen LogP contribution is -2.34. The van der Waals surface area contributed by atoms with Crippen molar-refractivity contribution in [1.29, 1.82) is 0 Å². The predicted molar refractivity (Wildman–Crippen MR) is 74.1 cm³/mol. The van der Waals surface area contributed by atoms with Crippen molar-refractivity contribution in [1.82, 2.24) is 4.72 Å².